The van der Waals surface area contributed by atoms with Gasteiger partial charge < -0.3 is 20.2 Å². The van der Waals surface area contributed by atoms with Crippen molar-refractivity contribution < 1.29 is 29.7 Å². The van der Waals surface area contributed by atoms with Crippen molar-refractivity contribution in [3.05, 3.63) is 108 Å². The Morgan fingerprint density at radius 3 is 1.31 bits per heavy atom. The normalized spacial score (nSPS) is 11.9. The first-order valence-electron chi connectivity index (χ1n) is 12.3. The molecule has 7 rings (SSSR count). The van der Waals surface area contributed by atoms with Gasteiger partial charge in [0.05, 0.1) is 22.8 Å². The molecular weight excluding hydrogens is 538 g/mol. The molecule has 5 heterocycles. The van der Waals surface area contributed by atoms with Crippen LogP contribution in [0.15, 0.2) is 84.9 Å². The molecular formula is C32H22N4O2Zn+2. The Balaban J connectivity index is 0.00000277. The maximum Gasteiger partial charge on any atom is 2.00 e. The number of fused-ring (bicyclic) bond motifs is 8. The zero-order valence-electron chi connectivity index (χ0n) is 20.9. The molecule has 0 fully saturated rings. The molecule has 8 bridgehead atoms. The molecule has 0 aliphatic carbocycles. The molecule has 182 valence electrons. The van der Waals surface area contributed by atoms with E-state index >= 15 is 0 Å². The molecule has 7 heteroatoms. The van der Waals surface area contributed by atoms with E-state index in [0.29, 0.717) is 0 Å². The van der Waals surface area contributed by atoms with E-state index < -0.39 is 0 Å². The molecule has 0 saturated carbocycles. The third-order valence-corrected chi connectivity index (χ3v) is 6.71. The Morgan fingerprint density at radius 2 is 0.897 bits per heavy atom. The van der Waals surface area contributed by atoms with Crippen LogP contribution in [0.2, 0.25) is 0 Å². The molecule has 5 aromatic rings. The smallest absolute Gasteiger partial charge is 0.508 e. The summed E-state index contributed by atoms with van der Waals surface area (Å²) in [7, 11) is 0. The van der Waals surface area contributed by atoms with Crippen molar-refractivity contribution in [2.75, 3.05) is 0 Å². The fourth-order valence-electron chi connectivity index (χ4n) is 4.94. The molecule has 2 aliphatic heterocycles. The summed E-state index contributed by atoms with van der Waals surface area (Å²) in [5.74, 6) is 0.438. The summed E-state index contributed by atoms with van der Waals surface area (Å²) in [6.07, 6.45) is 8.02. The van der Waals surface area contributed by atoms with E-state index in [9.17, 15) is 10.2 Å². The maximum absolute atomic E-state index is 9.84. The van der Waals surface area contributed by atoms with Gasteiger partial charge in [-0.2, -0.15) is 0 Å². The number of aromatic amines is 2. The van der Waals surface area contributed by atoms with Crippen molar-refractivity contribution in [1.82, 2.24) is 19.9 Å². The fraction of sp³-hybridized carbons (Fsp3) is 0. The third kappa shape index (κ3) is 4.69. The molecule has 0 atom stereocenters. The van der Waals surface area contributed by atoms with Gasteiger partial charge in [0.2, 0.25) is 0 Å². The first kappa shape index (κ1) is 24.6. The van der Waals surface area contributed by atoms with Gasteiger partial charge in [-0.05, 0) is 96.1 Å². The van der Waals surface area contributed by atoms with Gasteiger partial charge in [0.1, 0.15) is 11.5 Å². The zero-order chi connectivity index (χ0) is 25.6. The Bertz CT molecular complexity index is 1790. The number of phenols is 2. The van der Waals surface area contributed by atoms with Crippen LogP contribution in [-0.4, -0.2) is 30.1 Å². The van der Waals surface area contributed by atoms with E-state index in [0.717, 1.165) is 67.1 Å². The molecule has 6 nitrogen and oxygen atoms in total. The van der Waals surface area contributed by atoms with E-state index in [1.165, 1.54) is 0 Å². The summed E-state index contributed by atoms with van der Waals surface area (Å²) in [5, 5.41) is 19.7. The molecule has 0 spiro atoms. The molecule has 0 unspecified atom stereocenters. The molecule has 0 radical (unpaired) electrons. The van der Waals surface area contributed by atoms with E-state index in [1.54, 1.807) is 24.3 Å². The van der Waals surface area contributed by atoms with Crippen LogP contribution in [0.1, 0.15) is 22.8 Å². The number of nitrogens with zero attached hydrogens (tertiary/aromatic N) is 2. The van der Waals surface area contributed by atoms with Crippen LogP contribution in [0.4, 0.5) is 0 Å². The van der Waals surface area contributed by atoms with Gasteiger partial charge in [-0.1, -0.05) is 24.3 Å². The van der Waals surface area contributed by atoms with Crippen molar-refractivity contribution >= 4 is 46.4 Å². The predicted molar refractivity (Wildman–Crippen MR) is 153 cm³/mol. The van der Waals surface area contributed by atoms with Crippen molar-refractivity contribution in [2.24, 2.45) is 0 Å². The molecule has 0 saturated heterocycles. The minimum Gasteiger partial charge on any atom is -0.508 e. The number of phenolic OH excluding ortho intramolecular Hbond substituents is 2. The summed E-state index contributed by atoms with van der Waals surface area (Å²) >= 11 is 0. The van der Waals surface area contributed by atoms with Crippen LogP contribution < -0.4 is 0 Å². The average Bonchev–Trinajstić information content (AvgIpc) is 3.72. The van der Waals surface area contributed by atoms with E-state index in [-0.39, 0.29) is 31.0 Å². The van der Waals surface area contributed by atoms with Crippen molar-refractivity contribution in [2.45, 2.75) is 0 Å². The van der Waals surface area contributed by atoms with Gasteiger partial charge in [0.25, 0.3) is 0 Å². The number of aromatic hydroxyl groups is 2. The summed E-state index contributed by atoms with van der Waals surface area (Å²) in [5.41, 5.74) is 10.8. The van der Waals surface area contributed by atoms with Crippen LogP contribution in [0.3, 0.4) is 0 Å². The number of aromatic nitrogens is 4. The summed E-state index contributed by atoms with van der Waals surface area (Å²) in [4.78, 5) is 16.9. The van der Waals surface area contributed by atoms with Gasteiger partial charge in [-0.25, -0.2) is 9.97 Å². The molecule has 39 heavy (non-hydrogen) atoms. The first-order chi connectivity index (χ1) is 18.6. The summed E-state index contributed by atoms with van der Waals surface area (Å²) in [6.45, 7) is 0. The molecule has 3 aromatic heterocycles. The van der Waals surface area contributed by atoms with Crippen LogP contribution >= 0.6 is 0 Å². The summed E-state index contributed by atoms with van der Waals surface area (Å²) in [6, 6.07) is 26.5. The second kappa shape index (κ2) is 9.86. The Labute approximate surface area is 236 Å². The number of nitrogens with one attached hydrogen (secondary N) is 2. The van der Waals surface area contributed by atoms with E-state index in [1.807, 2.05) is 85.0 Å². The number of benzene rings is 2. The number of H-pyrrole nitrogens is 2. The zero-order valence-corrected chi connectivity index (χ0v) is 23.9. The second-order valence-corrected chi connectivity index (χ2v) is 9.30. The minimum absolute atomic E-state index is 0. The number of hydrogen-bond acceptors (Lipinski definition) is 4. The summed E-state index contributed by atoms with van der Waals surface area (Å²) < 4.78 is 0. The Hall–Kier alpha value is -4.74. The second-order valence-electron chi connectivity index (χ2n) is 9.30. The SMILES string of the molecule is Oc1ccc(-c2c3nc(cc4ccc([nH]4)c(-c4ccc(O)cc4)c4nc(cc5ccc2[nH]5)C=C4)C=C3)cc1.[Zn+2]. The van der Waals surface area contributed by atoms with Gasteiger partial charge >= 0.3 is 19.5 Å². The van der Waals surface area contributed by atoms with Gasteiger partial charge in [0.15, 0.2) is 0 Å². The maximum atomic E-state index is 9.84. The molecule has 0 amide bonds. The van der Waals surface area contributed by atoms with Crippen LogP contribution in [0.25, 0.3) is 68.6 Å². The quantitative estimate of drug-likeness (QED) is 0.166. The number of rotatable bonds is 2. The van der Waals surface area contributed by atoms with Crippen LogP contribution in [-0.2, 0) is 19.5 Å². The number of hydrogen-bond donors (Lipinski definition) is 4. The average molecular weight is 560 g/mol. The minimum atomic E-state index is 0. The van der Waals surface area contributed by atoms with Gasteiger partial charge in [0, 0.05) is 33.2 Å². The molecule has 2 aliphatic rings. The molecule has 2 aromatic carbocycles. The Kier molecular flexibility index (Phi) is 6.22. The van der Waals surface area contributed by atoms with Crippen LogP contribution in [0, 0.1) is 0 Å². The van der Waals surface area contributed by atoms with Gasteiger partial charge in [-0.3, -0.25) is 0 Å². The van der Waals surface area contributed by atoms with E-state index in [2.05, 4.69) is 9.97 Å². The van der Waals surface area contributed by atoms with Crippen molar-refractivity contribution in [1.29, 1.82) is 0 Å². The third-order valence-electron chi connectivity index (χ3n) is 6.71. The van der Waals surface area contributed by atoms with Crippen LogP contribution in [0.5, 0.6) is 11.5 Å². The topological polar surface area (TPSA) is 97.8 Å². The molecule has 4 N–H and O–H groups in total. The van der Waals surface area contributed by atoms with Crippen molar-refractivity contribution in [3.63, 3.8) is 0 Å². The van der Waals surface area contributed by atoms with Crippen molar-refractivity contribution in [3.8, 4) is 33.8 Å². The Morgan fingerprint density at radius 1 is 0.487 bits per heavy atom. The standard InChI is InChI=1S/C32H22N4O2.Zn/c37-25-9-1-19(2-10-25)31-27-13-5-21(33-27)17-23-7-15-29(35-23)32(20-3-11-26(38)12-4-20)30-16-8-24(36-30)18-22-6-14-28(31)34-22;/h1-18,33,36-38H;/q;+2. The monoisotopic (exact) mass is 558 g/mol. The van der Waals surface area contributed by atoms with E-state index in [4.69, 9.17) is 9.97 Å². The fourth-order valence-corrected chi connectivity index (χ4v) is 4.94. The van der Waals surface area contributed by atoms with Gasteiger partial charge in [-0.15, -0.1) is 0 Å². The first-order valence-corrected chi connectivity index (χ1v) is 12.3. The predicted octanol–water partition coefficient (Wildman–Crippen LogP) is 7.40. The largest absolute Gasteiger partial charge is 2.00 e.